The Bertz CT molecular complexity index is 52.4. The van der Waals surface area contributed by atoms with E-state index in [4.69, 9.17) is 15.2 Å². The molecule has 0 fully saturated rings. The lowest BCUT2D eigenvalue weighted by Gasteiger charge is -2.15. The van der Waals surface area contributed by atoms with Crippen molar-refractivity contribution in [3.8, 4) is 0 Å². The first kappa shape index (κ1) is 7.88. The molecule has 0 aliphatic rings. The van der Waals surface area contributed by atoms with Gasteiger partial charge in [0.05, 0.1) is 6.04 Å². The number of rotatable bonds is 3. The van der Waals surface area contributed by atoms with E-state index in [0.29, 0.717) is 0 Å². The summed E-state index contributed by atoms with van der Waals surface area (Å²) in [6, 6.07) is -0.315. The molecular formula is C5H12NO2. The lowest BCUT2D eigenvalue weighted by atomic mass is 10.3. The van der Waals surface area contributed by atoms with Gasteiger partial charge in [0, 0.05) is 14.2 Å². The highest BCUT2D eigenvalue weighted by molar-refractivity contribution is 4.65. The van der Waals surface area contributed by atoms with Crippen LogP contribution in [0.2, 0.25) is 0 Å². The Balaban J connectivity index is 3.35. The molecule has 2 N–H and O–H groups in total. The molecule has 1 unspecified atom stereocenters. The van der Waals surface area contributed by atoms with Crippen LogP contribution in [0.15, 0.2) is 0 Å². The van der Waals surface area contributed by atoms with Crippen LogP contribution >= 0.6 is 0 Å². The van der Waals surface area contributed by atoms with Crippen LogP contribution in [0.5, 0.6) is 0 Å². The molecule has 0 aromatic heterocycles. The molecule has 0 spiro atoms. The average Bonchev–Trinajstić information content (AvgIpc) is 1.69. The molecule has 0 bridgehead atoms. The maximum atomic E-state index is 5.30. The molecule has 1 radical (unpaired) electrons. The molecule has 3 heteroatoms. The van der Waals surface area contributed by atoms with Crippen molar-refractivity contribution in [2.24, 2.45) is 5.73 Å². The lowest BCUT2D eigenvalue weighted by Crippen LogP contribution is -2.34. The van der Waals surface area contributed by atoms with Crippen molar-refractivity contribution in [1.82, 2.24) is 0 Å². The highest BCUT2D eigenvalue weighted by Gasteiger charge is 2.08. The van der Waals surface area contributed by atoms with E-state index in [1.807, 2.05) is 0 Å². The van der Waals surface area contributed by atoms with Crippen molar-refractivity contribution in [2.45, 2.75) is 12.3 Å². The first-order chi connectivity index (χ1) is 3.72. The summed E-state index contributed by atoms with van der Waals surface area (Å²) in [7, 11) is 3.05. The summed E-state index contributed by atoms with van der Waals surface area (Å²) in [6.45, 7) is 3.51. The van der Waals surface area contributed by atoms with Gasteiger partial charge in [0.25, 0.3) is 0 Å². The first-order valence-corrected chi connectivity index (χ1v) is 2.36. The molecule has 8 heavy (non-hydrogen) atoms. The van der Waals surface area contributed by atoms with E-state index in [-0.39, 0.29) is 12.3 Å². The summed E-state index contributed by atoms with van der Waals surface area (Å²) in [5.41, 5.74) is 5.30. The molecule has 0 aliphatic carbocycles. The van der Waals surface area contributed by atoms with Gasteiger partial charge in [0.15, 0.2) is 6.29 Å². The third kappa shape index (κ3) is 2.26. The van der Waals surface area contributed by atoms with Gasteiger partial charge in [-0.3, -0.25) is 0 Å². The molecule has 0 aliphatic heterocycles. The van der Waals surface area contributed by atoms with Crippen molar-refractivity contribution in [1.29, 1.82) is 0 Å². The molecular weight excluding hydrogens is 106 g/mol. The third-order valence-corrected chi connectivity index (χ3v) is 0.814. The van der Waals surface area contributed by atoms with Gasteiger partial charge in [-0.05, 0) is 6.92 Å². The van der Waals surface area contributed by atoms with Crippen LogP contribution in [0.25, 0.3) is 0 Å². The number of ether oxygens (including phenoxy) is 2. The summed E-state index contributed by atoms with van der Waals surface area (Å²) in [5.74, 6) is 0. The molecule has 0 heterocycles. The molecule has 49 valence electrons. The second-order valence-corrected chi connectivity index (χ2v) is 1.50. The largest absolute Gasteiger partial charge is 0.354 e. The zero-order chi connectivity index (χ0) is 6.57. The van der Waals surface area contributed by atoms with Gasteiger partial charge < -0.3 is 15.2 Å². The number of methoxy groups -OCH3 is 2. The molecule has 0 aromatic rings. The van der Waals surface area contributed by atoms with Gasteiger partial charge >= 0.3 is 0 Å². The molecule has 0 saturated carbocycles. The molecule has 0 saturated heterocycles. The molecule has 0 rings (SSSR count). The van der Waals surface area contributed by atoms with Crippen molar-refractivity contribution in [3.05, 3.63) is 6.92 Å². The van der Waals surface area contributed by atoms with E-state index < -0.39 is 0 Å². The molecule has 0 amide bonds. The SMILES string of the molecule is [CH2]C(N)C(OC)OC. The van der Waals surface area contributed by atoms with E-state index in [1.54, 1.807) is 0 Å². The Morgan fingerprint density at radius 3 is 1.75 bits per heavy atom. The van der Waals surface area contributed by atoms with Gasteiger partial charge in [0.1, 0.15) is 0 Å². The van der Waals surface area contributed by atoms with Crippen LogP contribution in [0.1, 0.15) is 0 Å². The summed E-state index contributed by atoms with van der Waals surface area (Å²) in [5, 5.41) is 0. The Morgan fingerprint density at radius 1 is 1.38 bits per heavy atom. The van der Waals surface area contributed by atoms with Crippen molar-refractivity contribution in [3.63, 3.8) is 0 Å². The van der Waals surface area contributed by atoms with Crippen LogP contribution in [0, 0.1) is 6.92 Å². The topological polar surface area (TPSA) is 44.5 Å². The van der Waals surface area contributed by atoms with E-state index >= 15 is 0 Å². The number of nitrogens with two attached hydrogens (primary N) is 1. The van der Waals surface area contributed by atoms with Gasteiger partial charge in [-0.2, -0.15) is 0 Å². The summed E-state index contributed by atoms with van der Waals surface area (Å²) < 4.78 is 9.50. The van der Waals surface area contributed by atoms with Gasteiger partial charge in [0.2, 0.25) is 0 Å². The number of hydrogen-bond donors (Lipinski definition) is 1. The van der Waals surface area contributed by atoms with E-state index in [2.05, 4.69) is 6.92 Å². The fourth-order valence-corrected chi connectivity index (χ4v) is 0.446. The van der Waals surface area contributed by atoms with Crippen molar-refractivity contribution >= 4 is 0 Å². The highest BCUT2D eigenvalue weighted by atomic mass is 16.7. The second-order valence-electron chi connectivity index (χ2n) is 1.50. The standard InChI is InChI=1S/C5H12NO2/c1-4(6)5(7-2)8-3/h4-5H,1,6H2,2-3H3. The van der Waals surface area contributed by atoms with Gasteiger partial charge in [-0.1, -0.05) is 0 Å². The van der Waals surface area contributed by atoms with E-state index in [1.165, 1.54) is 14.2 Å². The fraction of sp³-hybridized carbons (Fsp3) is 0.800. The molecule has 3 nitrogen and oxygen atoms in total. The fourth-order valence-electron chi connectivity index (χ4n) is 0.446. The van der Waals surface area contributed by atoms with E-state index in [9.17, 15) is 0 Å². The minimum absolute atomic E-state index is 0.315. The van der Waals surface area contributed by atoms with Crippen LogP contribution in [-0.4, -0.2) is 26.6 Å². The maximum Gasteiger partial charge on any atom is 0.171 e. The summed E-state index contributed by atoms with van der Waals surface area (Å²) in [6.07, 6.45) is -0.380. The maximum absolute atomic E-state index is 5.30. The summed E-state index contributed by atoms with van der Waals surface area (Å²) >= 11 is 0. The monoisotopic (exact) mass is 118 g/mol. The van der Waals surface area contributed by atoms with Crippen LogP contribution < -0.4 is 5.73 Å². The van der Waals surface area contributed by atoms with Gasteiger partial charge in [-0.25, -0.2) is 0 Å². The smallest absolute Gasteiger partial charge is 0.171 e. The Morgan fingerprint density at radius 2 is 1.75 bits per heavy atom. The minimum atomic E-state index is -0.380. The van der Waals surface area contributed by atoms with Crippen molar-refractivity contribution in [2.75, 3.05) is 14.2 Å². The molecule has 0 aromatic carbocycles. The summed E-state index contributed by atoms with van der Waals surface area (Å²) in [4.78, 5) is 0. The predicted octanol–water partition coefficient (Wildman–Crippen LogP) is -0.233. The second kappa shape index (κ2) is 3.83. The zero-order valence-corrected chi connectivity index (χ0v) is 5.26. The molecule has 1 atom stereocenters. The van der Waals surface area contributed by atoms with Crippen LogP contribution in [0.4, 0.5) is 0 Å². The Hall–Kier alpha value is -0.120. The van der Waals surface area contributed by atoms with Crippen LogP contribution in [-0.2, 0) is 9.47 Å². The normalized spacial score (nSPS) is 14.6. The number of hydrogen-bond acceptors (Lipinski definition) is 3. The Labute approximate surface area is 49.8 Å². The highest BCUT2D eigenvalue weighted by Crippen LogP contribution is 1.92. The quantitative estimate of drug-likeness (QED) is 0.520. The average molecular weight is 118 g/mol. The van der Waals surface area contributed by atoms with E-state index in [0.717, 1.165) is 0 Å². The zero-order valence-electron chi connectivity index (χ0n) is 5.26. The van der Waals surface area contributed by atoms with Gasteiger partial charge in [-0.15, -0.1) is 0 Å². The third-order valence-electron chi connectivity index (χ3n) is 0.814. The predicted molar refractivity (Wildman–Crippen MR) is 31.1 cm³/mol. The lowest BCUT2D eigenvalue weighted by molar-refractivity contribution is -0.108. The first-order valence-electron chi connectivity index (χ1n) is 2.36. The van der Waals surface area contributed by atoms with Crippen molar-refractivity contribution < 1.29 is 9.47 Å². The Kier molecular flexibility index (Phi) is 3.77. The minimum Gasteiger partial charge on any atom is -0.354 e. The van der Waals surface area contributed by atoms with Crippen LogP contribution in [0.3, 0.4) is 0 Å².